The molecule has 0 aliphatic carbocycles. The van der Waals surface area contributed by atoms with Gasteiger partial charge in [0, 0.05) is 19.1 Å². The number of nitrogens with one attached hydrogen (secondary N) is 1. The van der Waals surface area contributed by atoms with Gasteiger partial charge in [0.05, 0.1) is 0 Å². The molecule has 2 heteroatoms. The fraction of sp³-hybridized carbons (Fsp3) is 0.647. The van der Waals surface area contributed by atoms with Gasteiger partial charge in [-0.1, -0.05) is 51.0 Å². The average molecular weight is 260 g/mol. The maximum Gasteiger partial charge on any atom is 0.0476 e. The highest BCUT2D eigenvalue weighted by atomic mass is 15.2. The molecule has 2 nitrogen and oxygen atoms in total. The van der Waals surface area contributed by atoms with Crippen LogP contribution in [0.2, 0.25) is 0 Å². The van der Waals surface area contributed by atoms with E-state index in [4.69, 9.17) is 0 Å². The van der Waals surface area contributed by atoms with Crippen molar-refractivity contribution in [1.82, 2.24) is 10.2 Å². The summed E-state index contributed by atoms with van der Waals surface area (Å²) >= 11 is 0. The van der Waals surface area contributed by atoms with Gasteiger partial charge in [0.25, 0.3) is 0 Å². The molecule has 0 radical (unpaired) electrons. The lowest BCUT2D eigenvalue weighted by Gasteiger charge is -2.36. The summed E-state index contributed by atoms with van der Waals surface area (Å²) in [5.41, 5.74) is 3.03. The van der Waals surface area contributed by atoms with E-state index in [-0.39, 0.29) is 0 Å². The molecule has 0 aromatic heterocycles. The van der Waals surface area contributed by atoms with E-state index in [9.17, 15) is 0 Å². The third kappa shape index (κ3) is 3.80. The van der Waals surface area contributed by atoms with E-state index in [1.54, 1.807) is 5.56 Å². The van der Waals surface area contributed by atoms with Crippen LogP contribution in [0.3, 0.4) is 0 Å². The zero-order valence-electron chi connectivity index (χ0n) is 12.5. The van der Waals surface area contributed by atoms with E-state index in [1.807, 2.05) is 0 Å². The van der Waals surface area contributed by atoms with Crippen LogP contribution in [0.1, 0.15) is 56.7 Å². The number of unbranched alkanes of at least 4 members (excludes halogenated alkanes) is 2. The maximum atomic E-state index is 3.58. The van der Waals surface area contributed by atoms with Crippen LogP contribution >= 0.6 is 0 Å². The molecule has 1 aliphatic heterocycles. The molecule has 19 heavy (non-hydrogen) atoms. The first-order valence-corrected chi connectivity index (χ1v) is 7.89. The highest BCUT2D eigenvalue weighted by Crippen LogP contribution is 2.27. The number of nitrogens with zero attached hydrogens (tertiary/aromatic N) is 1. The number of fused-ring (bicyclic) bond motifs is 1. The number of rotatable bonds is 7. The van der Waals surface area contributed by atoms with Crippen molar-refractivity contribution >= 4 is 0 Å². The van der Waals surface area contributed by atoms with E-state index in [0.29, 0.717) is 6.04 Å². The third-order valence-corrected chi connectivity index (χ3v) is 4.11. The lowest BCUT2D eigenvalue weighted by Crippen LogP contribution is -2.40. The van der Waals surface area contributed by atoms with Crippen LogP contribution in [0.5, 0.6) is 0 Å². The molecule has 0 amide bonds. The summed E-state index contributed by atoms with van der Waals surface area (Å²) in [6.45, 7) is 9.16. The van der Waals surface area contributed by atoms with E-state index >= 15 is 0 Å². The third-order valence-electron chi connectivity index (χ3n) is 4.11. The van der Waals surface area contributed by atoms with Gasteiger partial charge in [-0.2, -0.15) is 0 Å². The summed E-state index contributed by atoms with van der Waals surface area (Å²) in [7, 11) is 0. The summed E-state index contributed by atoms with van der Waals surface area (Å²) in [6.07, 6.45) is 5.18. The molecule has 0 saturated heterocycles. The Balaban J connectivity index is 2.12. The van der Waals surface area contributed by atoms with Crippen molar-refractivity contribution in [3.63, 3.8) is 0 Å². The average Bonchev–Trinajstić information content (AvgIpc) is 2.47. The van der Waals surface area contributed by atoms with Gasteiger partial charge in [0.15, 0.2) is 0 Å². The summed E-state index contributed by atoms with van der Waals surface area (Å²) in [5.74, 6) is 0. The molecule has 106 valence electrons. The maximum absolute atomic E-state index is 3.58. The standard InChI is InChI=1S/C17H28N2/c1-3-5-11-19(12-6-4-2)17-14-18-13-15-9-7-8-10-16(15)17/h7-10,17-18H,3-6,11-14H2,1-2H3. The predicted molar refractivity (Wildman–Crippen MR) is 82.3 cm³/mol. The molecule has 0 saturated carbocycles. The molecule has 1 heterocycles. The monoisotopic (exact) mass is 260 g/mol. The Labute approximate surface area is 118 Å². The minimum absolute atomic E-state index is 0.572. The summed E-state index contributed by atoms with van der Waals surface area (Å²) < 4.78 is 0. The smallest absolute Gasteiger partial charge is 0.0476 e. The molecule has 1 aliphatic rings. The van der Waals surface area contributed by atoms with Gasteiger partial charge >= 0.3 is 0 Å². The second-order valence-electron chi connectivity index (χ2n) is 5.59. The zero-order chi connectivity index (χ0) is 13.5. The fourth-order valence-corrected chi connectivity index (χ4v) is 2.95. The van der Waals surface area contributed by atoms with E-state index in [1.165, 1.54) is 44.3 Å². The quantitative estimate of drug-likeness (QED) is 0.803. The number of hydrogen-bond acceptors (Lipinski definition) is 2. The second-order valence-corrected chi connectivity index (χ2v) is 5.59. The van der Waals surface area contributed by atoms with Crippen molar-refractivity contribution in [2.24, 2.45) is 0 Å². The number of benzene rings is 1. The SMILES string of the molecule is CCCCN(CCCC)C1CNCc2ccccc21. The van der Waals surface area contributed by atoms with E-state index in [0.717, 1.165) is 13.1 Å². The molecule has 0 spiro atoms. The molecular weight excluding hydrogens is 232 g/mol. The first-order chi connectivity index (χ1) is 9.36. The van der Waals surface area contributed by atoms with Crippen molar-refractivity contribution in [2.45, 2.75) is 52.1 Å². The Morgan fingerprint density at radius 1 is 1.11 bits per heavy atom. The van der Waals surface area contributed by atoms with Gasteiger partial charge in [-0.05, 0) is 37.1 Å². The molecule has 1 N–H and O–H groups in total. The lowest BCUT2D eigenvalue weighted by atomic mass is 9.95. The van der Waals surface area contributed by atoms with Crippen LogP contribution in [0, 0.1) is 0 Å². The molecule has 0 fully saturated rings. The van der Waals surface area contributed by atoms with Crippen molar-refractivity contribution < 1.29 is 0 Å². The summed E-state index contributed by atoms with van der Waals surface area (Å²) in [5, 5.41) is 3.58. The van der Waals surface area contributed by atoms with E-state index in [2.05, 4.69) is 48.3 Å². The van der Waals surface area contributed by atoms with Gasteiger partial charge in [0.1, 0.15) is 0 Å². The van der Waals surface area contributed by atoms with Crippen molar-refractivity contribution in [3.8, 4) is 0 Å². The van der Waals surface area contributed by atoms with Gasteiger partial charge < -0.3 is 5.32 Å². The van der Waals surface area contributed by atoms with Crippen LogP contribution in [0.4, 0.5) is 0 Å². The molecule has 1 unspecified atom stereocenters. The normalized spacial score (nSPS) is 18.6. The first-order valence-electron chi connectivity index (χ1n) is 7.89. The van der Waals surface area contributed by atoms with Gasteiger partial charge in [-0.25, -0.2) is 0 Å². The first kappa shape index (κ1) is 14.5. The molecule has 2 rings (SSSR count). The minimum Gasteiger partial charge on any atom is -0.311 e. The summed E-state index contributed by atoms with van der Waals surface area (Å²) in [4.78, 5) is 2.69. The Hall–Kier alpha value is -0.860. The number of hydrogen-bond donors (Lipinski definition) is 1. The molecular formula is C17H28N2. The van der Waals surface area contributed by atoms with Crippen molar-refractivity contribution in [1.29, 1.82) is 0 Å². The zero-order valence-corrected chi connectivity index (χ0v) is 12.5. The Kier molecular flexibility index (Phi) is 5.87. The molecule has 1 aromatic carbocycles. The fourth-order valence-electron chi connectivity index (χ4n) is 2.95. The largest absolute Gasteiger partial charge is 0.311 e. The summed E-state index contributed by atoms with van der Waals surface area (Å²) in [6, 6.07) is 9.52. The molecule has 1 aromatic rings. The Morgan fingerprint density at radius 3 is 2.47 bits per heavy atom. The minimum atomic E-state index is 0.572. The highest BCUT2D eigenvalue weighted by molar-refractivity contribution is 5.32. The van der Waals surface area contributed by atoms with E-state index < -0.39 is 0 Å². The highest BCUT2D eigenvalue weighted by Gasteiger charge is 2.24. The van der Waals surface area contributed by atoms with Crippen LogP contribution in [0.25, 0.3) is 0 Å². The van der Waals surface area contributed by atoms with Crippen molar-refractivity contribution in [3.05, 3.63) is 35.4 Å². The van der Waals surface area contributed by atoms with Crippen LogP contribution in [0.15, 0.2) is 24.3 Å². The van der Waals surface area contributed by atoms with Crippen LogP contribution < -0.4 is 5.32 Å². The lowest BCUT2D eigenvalue weighted by molar-refractivity contribution is 0.179. The Morgan fingerprint density at radius 2 is 1.79 bits per heavy atom. The Bertz CT molecular complexity index is 367. The predicted octanol–water partition coefficient (Wildman–Crippen LogP) is 3.73. The second kappa shape index (κ2) is 7.66. The molecule has 0 bridgehead atoms. The van der Waals surface area contributed by atoms with Crippen LogP contribution in [-0.2, 0) is 6.54 Å². The molecule has 1 atom stereocenters. The van der Waals surface area contributed by atoms with Crippen molar-refractivity contribution in [2.75, 3.05) is 19.6 Å². The van der Waals surface area contributed by atoms with Gasteiger partial charge in [-0.3, -0.25) is 4.90 Å². The van der Waals surface area contributed by atoms with Gasteiger partial charge in [-0.15, -0.1) is 0 Å². The topological polar surface area (TPSA) is 15.3 Å². The van der Waals surface area contributed by atoms with Gasteiger partial charge in [0.2, 0.25) is 0 Å². The van der Waals surface area contributed by atoms with Crippen LogP contribution in [-0.4, -0.2) is 24.5 Å².